The number of rotatable bonds is 1. The van der Waals surface area contributed by atoms with Crippen LogP contribution in [0.4, 0.5) is 0 Å². The van der Waals surface area contributed by atoms with Gasteiger partial charge >= 0.3 is 0 Å². The monoisotopic (exact) mass is 187 g/mol. The Hall–Kier alpha value is -1.28. The summed E-state index contributed by atoms with van der Waals surface area (Å²) in [6.45, 7) is 1.27. The van der Waals surface area contributed by atoms with Crippen LogP contribution in [0, 0.1) is 5.92 Å². The third-order valence-electron chi connectivity index (χ3n) is 3.09. The number of hydrogen-bond donors (Lipinski definition) is 1. The average molecular weight is 187 g/mol. The van der Waals surface area contributed by atoms with Gasteiger partial charge in [0.25, 0.3) is 0 Å². The van der Waals surface area contributed by atoms with Gasteiger partial charge in [-0.1, -0.05) is 18.2 Å². The Morgan fingerprint density at radius 2 is 2.21 bits per heavy atom. The molecule has 1 unspecified atom stereocenters. The number of aromatic nitrogens is 1. The van der Waals surface area contributed by atoms with Crippen molar-refractivity contribution in [3.05, 3.63) is 36.0 Å². The molecule has 14 heavy (non-hydrogen) atoms. The maximum absolute atomic E-state index is 9.12. The SMILES string of the molecule is OCC1Cc2cc3ccccc3n2C1. The van der Waals surface area contributed by atoms with Crippen molar-refractivity contribution in [2.45, 2.75) is 13.0 Å². The first-order valence-electron chi connectivity index (χ1n) is 5.06. The van der Waals surface area contributed by atoms with Crippen molar-refractivity contribution in [3.8, 4) is 0 Å². The average Bonchev–Trinajstić information content (AvgIpc) is 2.73. The number of para-hydroxylation sites is 1. The molecule has 72 valence electrons. The number of benzene rings is 1. The summed E-state index contributed by atoms with van der Waals surface area (Å²) in [6.07, 6.45) is 1.02. The molecule has 2 heterocycles. The molecule has 1 aromatic heterocycles. The minimum Gasteiger partial charge on any atom is -0.396 e. The summed E-state index contributed by atoms with van der Waals surface area (Å²) in [7, 11) is 0. The van der Waals surface area contributed by atoms with E-state index in [0.29, 0.717) is 12.5 Å². The molecule has 2 nitrogen and oxygen atoms in total. The van der Waals surface area contributed by atoms with Crippen molar-refractivity contribution in [2.24, 2.45) is 5.92 Å². The highest BCUT2D eigenvalue weighted by atomic mass is 16.3. The second kappa shape index (κ2) is 2.85. The largest absolute Gasteiger partial charge is 0.396 e. The summed E-state index contributed by atoms with van der Waals surface area (Å²) in [5.74, 6) is 0.426. The molecule has 3 rings (SSSR count). The van der Waals surface area contributed by atoms with Gasteiger partial charge in [0.05, 0.1) is 0 Å². The van der Waals surface area contributed by atoms with Crippen molar-refractivity contribution in [1.82, 2.24) is 4.57 Å². The molecule has 0 radical (unpaired) electrons. The van der Waals surface area contributed by atoms with Gasteiger partial charge in [-0.05, 0) is 23.9 Å². The molecule has 1 aromatic carbocycles. The van der Waals surface area contributed by atoms with Crippen LogP contribution in [0.1, 0.15) is 5.69 Å². The van der Waals surface area contributed by atoms with Crippen LogP contribution in [0.2, 0.25) is 0 Å². The van der Waals surface area contributed by atoms with Gasteiger partial charge in [-0.2, -0.15) is 0 Å². The number of fused-ring (bicyclic) bond motifs is 3. The van der Waals surface area contributed by atoms with Gasteiger partial charge in [-0.15, -0.1) is 0 Å². The van der Waals surface area contributed by atoms with Crippen LogP contribution in [-0.2, 0) is 13.0 Å². The molecule has 1 N–H and O–H groups in total. The zero-order valence-corrected chi connectivity index (χ0v) is 7.98. The maximum Gasteiger partial charge on any atom is 0.0482 e. The number of hydrogen-bond acceptors (Lipinski definition) is 1. The minimum absolute atomic E-state index is 0.302. The van der Waals surface area contributed by atoms with E-state index in [2.05, 4.69) is 34.9 Å². The molecule has 2 aromatic rings. The van der Waals surface area contributed by atoms with Crippen molar-refractivity contribution < 1.29 is 5.11 Å². The van der Waals surface area contributed by atoms with Gasteiger partial charge in [0.15, 0.2) is 0 Å². The van der Waals surface area contributed by atoms with Gasteiger partial charge in [0, 0.05) is 30.3 Å². The first-order valence-corrected chi connectivity index (χ1v) is 5.06. The summed E-state index contributed by atoms with van der Waals surface area (Å²) in [5, 5.41) is 10.4. The fourth-order valence-corrected chi connectivity index (χ4v) is 2.39. The van der Waals surface area contributed by atoms with Gasteiger partial charge in [-0.3, -0.25) is 0 Å². The Bertz CT molecular complexity index is 472. The molecule has 0 saturated heterocycles. The number of nitrogens with zero attached hydrogens (tertiary/aromatic N) is 1. The van der Waals surface area contributed by atoms with E-state index < -0.39 is 0 Å². The normalized spacial score (nSPS) is 20.2. The van der Waals surface area contributed by atoms with Crippen LogP contribution >= 0.6 is 0 Å². The number of aliphatic hydroxyl groups excluding tert-OH is 1. The van der Waals surface area contributed by atoms with E-state index in [0.717, 1.165) is 13.0 Å². The Kier molecular flexibility index (Phi) is 1.64. The smallest absolute Gasteiger partial charge is 0.0482 e. The van der Waals surface area contributed by atoms with E-state index in [4.69, 9.17) is 5.11 Å². The fourth-order valence-electron chi connectivity index (χ4n) is 2.39. The lowest BCUT2D eigenvalue weighted by atomic mass is 10.1. The van der Waals surface area contributed by atoms with E-state index in [1.807, 2.05) is 0 Å². The molecule has 0 amide bonds. The van der Waals surface area contributed by atoms with E-state index in [-0.39, 0.29) is 0 Å². The molecule has 1 atom stereocenters. The predicted molar refractivity (Wildman–Crippen MR) is 56.2 cm³/mol. The van der Waals surface area contributed by atoms with Crippen LogP contribution in [0.25, 0.3) is 10.9 Å². The third-order valence-corrected chi connectivity index (χ3v) is 3.09. The molecule has 1 aliphatic rings. The summed E-state index contributed by atoms with van der Waals surface area (Å²) >= 11 is 0. The van der Waals surface area contributed by atoms with Crippen molar-refractivity contribution in [3.63, 3.8) is 0 Å². The molecule has 0 spiro atoms. The van der Waals surface area contributed by atoms with E-state index in [1.54, 1.807) is 0 Å². The van der Waals surface area contributed by atoms with E-state index in [1.165, 1.54) is 16.6 Å². The maximum atomic E-state index is 9.12. The van der Waals surface area contributed by atoms with Gasteiger partial charge in [0.2, 0.25) is 0 Å². The highest BCUT2D eigenvalue weighted by Crippen LogP contribution is 2.28. The minimum atomic E-state index is 0.302. The highest BCUT2D eigenvalue weighted by molar-refractivity contribution is 5.81. The molecular weight excluding hydrogens is 174 g/mol. The van der Waals surface area contributed by atoms with Crippen LogP contribution in [0.3, 0.4) is 0 Å². The molecule has 2 heteroatoms. The lowest BCUT2D eigenvalue weighted by Gasteiger charge is -2.04. The van der Waals surface area contributed by atoms with Crippen LogP contribution in [0.5, 0.6) is 0 Å². The third kappa shape index (κ3) is 1.01. The van der Waals surface area contributed by atoms with Crippen LogP contribution < -0.4 is 0 Å². The summed E-state index contributed by atoms with van der Waals surface area (Å²) in [4.78, 5) is 0. The van der Waals surface area contributed by atoms with Gasteiger partial charge < -0.3 is 9.67 Å². The van der Waals surface area contributed by atoms with Crippen LogP contribution in [-0.4, -0.2) is 16.3 Å². The fraction of sp³-hybridized carbons (Fsp3) is 0.333. The zero-order chi connectivity index (χ0) is 9.54. The first-order chi connectivity index (χ1) is 6.88. The lowest BCUT2D eigenvalue weighted by molar-refractivity contribution is 0.225. The van der Waals surface area contributed by atoms with E-state index in [9.17, 15) is 0 Å². The highest BCUT2D eigenvalue weighted by Gasteiger charge is 2.22. The van der Waals surface area contributed by atoms with Crippen molar-refractivity contribution in [2.75, 3.05) is 6.61 Å². The summed E-state index contributed by atoms with van der Waals surface area (Å²) in [6, 6.07) is 10.7. The second-order valence-corrected chi connectivity index (χ2v) is 4.06. The van der Waals surface area contributed by atoms with Gasteiger partial charge in [0.1, 0.15) is 0 Å². The number of aliphatic hydroxyl groups is 1. The molecule has 0 aliphatic carbocycles. The van der Waals surface area contributed by atoms with Crippen molar-refractivity contribution in [1.29, 1.82) is 0 Å². The zero-order valence-electron chi connectivity index (χ0n) is 7.98. The summed E-state index contributed by atoms with van der Waals surface area (Å²) < 4.78 is 2.33. The summed E-state index contributed by atoms with van der Waals surface area (Å²) in [5.41, 5.74) is 2.67. The first kappa shape index (κ1) is 8.06. The Morgan fingerprint density at radius 1 is 1.36 bits per heavy atom. The molecular formula is C12H13NO. The molecule has 0 bridgehead atoms. The van der Waals surface area contributed by atoms with Crippen LogP contribution in [0.15, 0.2) is 30.3 Å². The molecule has 0 saturated carbocycles. The Labute approximate surface area is 82.8 Å². The quantitative estimate of drug-likeness (QED) is 0.723. The topological polar surface area (TPSA) is 25.2 Å². The molecule has 0 fully saturated rings. The van der Waals surface area contributed by atoms with E-state index >= 15 is 0 Å². The molecule has 1 aliphatic heterocycles. The predicted octanol–water partition coefficient (Wildman–Crippen LogP) is 1.81. The van der Waals surface area contributed by atoms with Gasteiger partial charge in [-0.25, -0.2) is 0 Å². The Morgan fingerprint density at radius 3 is 3.07 bits per heavy atom. The lowest BCUT2D eigenvalue weighted by Crippen LogP contribution is -2.06. The van der Waals surface area contributed by atoms with Crippen molar-refractivity contribution >= 4 is 10.9 Å². The second-order valence-electron chi connectivity index (χ2n) is 4.06. The Balaban J connectivity index is 2.16. The standard InChI is InChI=1S/C12H13NO/c14-8-9-5-11-6-10-3-1-2-4-12(10)13(11)7-9/h1-4,6,9,14H,5,7-8H2.